The van der Waals surface area contributed by atoms with Gasteiger partial charge in [0.15, 0.2) is 5.78 Å². The molecule has 0 amide bonds. The Labute approximate surface area is 146 Å². The predicted octanol–water partition coefficient (Wildman–Crippen LogP) is 4.84. The summed E-state index contributed by atoms with van der Waals surface area (Å²) in [5, 5.41) is 0. The maximum absolute atomic E-state index is 12.7. The third-order valence-electron chi connectivity index (χ3n) is 3.98. The predicted molar refractivity (Wildman–Crippen MR) is 96.6 cm³/mol. The summed E-state index contributed by atoms with van der Waals surface area (Å²) in [5.74, 6) is -0.697. The summed E-state index contributed by atoms with van der Waals surface area (Å²) in [6.07, 6.45) is -0.395. The summed E-state index contributed by atoms with van der Waals surface area (Å²) < 4.78 is 5.56. The molecule has 0 N–H and O–H groups in total. The summed E-state index contributed by atoms with van der Waals surface area (Å²) in [6, 6.07) is 25.2. The van der Waals surface area contributed by atoms with Gasteiger partial charge < -0.3 is 4.74 Å². The van der Waals surface area contributed by atoms with Gasteiger partial charge in [0.1, 0.15) is 6.10 Å². The van der Waals surface area contributed by atoms with E-state index in [1.165, 1.54) is 0 Å². The standard InChI is InChI=1S/C22H18O3/c1-16(17-10-4-2-5-11-17)25-22(24)20-15-9-8-14-19(20)21(23)18-12-6-3-7-13-18/h2-16H,1H3/t16-/m0/s1. The van der Waals surface area contributed by atoms with Crippen LogP contribution >= 0.6 is 0 Å². The number of ketones is 1. The molecule has 3 nitrogen and oxygen atoms in total. The van der Waals surface area contributed by atoms with E-state index in [1.54, 1.807) is 48.5 Å². The SMILES string of the molecule is C[C@H](OC(=O)c1ccccc1C(=O)c1ccccc1)c1ccccc1. The summed E-state index contributed by atoms with van der Waals surface area (Å²) in [4.78, 5) is 25.3. The second-order valence-electron chi connectivity index (χ2n) is 5.70. The summed E-state index contributed by atoms with van der Waals surface area (Å²) in [5.41, 5.74) is 2.07. The molecule has 124 valence electrons. The fourth-order valence-corrected chi connectivity index (χ4v) is 2.62. The highest BCUT2D eigenvalue weighted by Gasteiger charge is 2.21. The maximum atomic E-state index is 12.7. The van der Waals surface area contributed by atoms with Gasteiger partial charge in [-0.1, -0.05) is 78.9 Å². The highest BCUT2D eigenvalue weighted by atomic mass is 16.5. The molecule has 0 radical (unpaired) electrons. The molecule has 0 bridgehead atoms. The lowest BCUT2D eigenvalue weighted by molar-refractivity contribution is 0.0335. The maximum Gasteiger partial charge on any atom is 0.339 e. The summed E-state index contributed by atoms with van der Waals surface area (Å²) in [7, 11) is 0. The van der Waals surface area contributed by atoms with E-state index in [0.717, 1.165) is 5.56 Å². The molecular weight excluding hydrogens is 312 g/mol. The van der Waals surface area contributed by atoms with Crippen LogP contribution in [-0.4, -0.2) is 11.8 Å². The van der Waals surface area contributed by atoms with E-state index in [0.29, 0.717) is 11.1 Å². The summed E-state index contributed by atoms with van der Waals surface area (Å²) >= 11 is 0. The van der Waals surface area contributed by atoms with E-state index < -0.39 is 12.1 Å². The van der Waals surface area contributed by atoms with Crippen molar-refractivity contribution in [2.45, 2.75) is 13.0 Å². The van der Waals surface area contributed by atoms with Crippen molar-refractivity contribution >= 4 is 11.8 Å². The number of esters is 1. The van der Waals surface area contributed by atoms with Gasteiger partial charge in [-0.2, -0.15) is 0 Å². The number of ether oxygens (including phenoxy) is 1. The quantitative estimate of drug-likeness (QED) is 0.497. The van der Waals surface area contributed by atoms with Crippen molar-refractivity contribution in [1.29, 1.82) is 0 Å². The van der Waals surface area contributed by atoms with Gasteiger partial charge in [-0.15, -0.1) is 0 Å². The first kappa shape index (κ1) is 16.7. The molecule has 0 aliphatic carbocycles. The van der Waals surface area contributed by atoms with Crippen LogP contribution in [0.4, 0.5) is 0 Å². The Morgan fingerprint density at radius 1 is 0.720 bits per heavy atom. The van der Waals surface area contributed by atoms with Crippen LogP contribution in [0, 0.1) is 0 Å². The van der Waals surface area contributed by atoms with E-state index in [9.17, 15) is 9.59 Å². The molecule has 0 aromatic heterocycles. The third kappa shape index (κ3) is 3.83. The average Bonchev–Trinajstić information content (AvgIpc) is 2.68. The topological polar surface area (TPSA) is 43.4 Å². The highest BCUT2D eigenvalue weighted by molar-refractivity contribution is 6.14. The normalized spacial score (nSPS) is 11.6. The zero-order valence-corrected chi connectivity index (χ0v) is 13.9. The molecule has 1 atom stereocenters. The molecule has 0 saturated carbocycles. The Balaban J connectivity index is 1.85. The van der Waals surface area contributed by atoms with E-state index >= 15 is 0 Å². The Kier molecular flexibility index (Phi) is 5.05. The lowest BCUT2D eigenvalue weighted by atomic mass is 9.98. The molecule has 3 aromatic carbocycles. The van der Waals surface area contributed by atoms with E-state index in [1.807, 2.05) is 43.3 Å². The van der Waals surface area contributed by atoms with Crippen molar-refractivity contribution in [1.82, 2.24) is 0 Å². The van der Waals surface area contributed by atoms with Gasteiger partial charge in [-0.25, -0.2) is 4.79 Å². The van der Waals surface area contributed by atoms with Crippen molar-refractivity contribution in [3.63, 3.8) is 0 Å². The molecule has 0 unspecified atom stereocenters. The van der Waals surface area contributed by atoms with E-state index in [-0.39, 0.29) is 11.3 Å². The molecule has 0 saturated heterocycles. The molecular formula is C22H18O3. The molecule has 3 aromatic rings. The van der Waals surface area contributed by atoms with Crippen LogP contribution in [0.1, 0.15) is 44.9 Å². The molecule has 0 aliphatic rings. The summed E-state index contributed by atoms with van der Waals surface area (Å²) in [6.45, 7) is 1.81. The molecule has 3 rings (SSSR count). The van der Waals surface area contributed by atoms with Crippen LogP contribution < -0.4 is 0 Å². The molecule has 3 heteroatoms. The van der Waals surface area contributed by atoms with Gasteiger partial charge in [0.25, 0.3) is 0 Å². The van der Waals surface area contributed by atoms with Gasteiger partial charge >= 0.3 is 5.97 Å². The monoisotopic (exact) mass is 330 g/mol. The lowest BCUT2D eigenvalue weighted by Gasteiger charge is -2.15. The lowest BCUT2D eigenvalue weighted by Crippen LogP contribution is -2.14. The zero-order valence-electron chi connectivity index (χ0n) is 13.9. The number of benzene rings is 3. The largest absolute Gasteiger partial charge is 0.454 e. The van der Waals surface area contributed by atoms with Crippen LogP contribution in [-0.2, 0) is 4.74 Å². The van der Waals surface area contributed by atoms with Gasteiger partial charge in [0.2, 0.25) is 0 Å². The van der Waals surface area contributed by atoms with Crippen LogP contribution in [0.5, 0.6) is 0 Å². The van der Waals surface area contributed by atoms with Crippen LogP contribution in [0.15, 0.2) is 84.9 Å². The number of carbonyl (C=O) groups excluding carboxylic acids is 2. The first-order chi connectivity index (χ1) is 12.2. The minimum atomic E-state index is -0.503. The Hall–Kier alpha value is -3.20. The first-order valence-electron chi connectivity index (χ1n) is 8.11. The average molecular weight is 330 g/mol. The minimum absolute atomic E-state index is 0.194. The zero-order chi connectivity index (χ0) is 17.6. The van der Waals surface area contributed by atoms with Crippen molar-refractivity contribution < 1.29 is 14.3 Å². The number of hydrogen-bond acceptors (Lipinski definition) is 3. The number of rotatable bonds is 5. The van der Waals surface area contributed by atoms with E-state index in [4.69, 9.17) is 4.74 Å². The first-order valence-corrected chi connectivity index (χ1v) is 8.11. The smallest absolute Gasteiger partial charge is 0.339 e. The Bertz CT molecular complexity index is 870. The fraction of sp³-hybridized carbons (Fsp3) is 0.0909. The van der Waals surface area contributed by atoms with Crippen LogP contribution in [0.3, 0.4) is 0 Å². The molecule has 0 heterocycles. The van der Waals surface area contributed by atoms with Crippen molar-refractivity contribution in [3.8, 4) is 0 Å². The number of hydrogen-bond donors (Lipinski definition) is 0. The highest BCUT2D eigenvalue weighted by Crippen LogP contribution is 2.21. The fourth-order valence-electron chi connectivity index (χ4n) is 2.62. The van der Waals surface area contributed by atoms with Crippen molar-refractivity contribution in [2.24, 2.45) is 0 Å². The van der Waals surface area contributed by atoms with Crippen molar-refractivity contribution in [3.05, 3.63) is 107 Å². The van der Waals surface area contributed by atoms with Gasteiger partial charge in [-0.3, -0.25) is 4.79 Å². The molecule has 0 aliphatic heterocycles. The number of carbonyl (C=O) groups is 2. The Morgan fingerprint density at radius 3 is 1.88 bits per heavy atom. The van der Waals surface area contributed by atoms with Crippen molar-refractivity contribution in [2.75, 3.05) is 0 Å². The van der Waals surface area contributed by atoms with E-state index in [2.05, 4.69) is 0 Å². The molecule has 0 fully saturated rings. The molecule has 25 heavy (non-hydrogen) atoms. The third-order valence-corrected chi connectivity index (χ3v) is 3.98. The molecule has 0 spiro atoms. The second kappa shape index (κ2) is 7.58. The van der Waals surface area contributed by atoms with Crippen LogP contribution in [0.2, 0.25) is 0 Å². The van der Waals surface area contributed by atoms with Gasteiger partial charge in [0, 0.05) is 11.1 Å². The second-order valence-corrected chi connectivity index (χ2v) is 5.70. The van der Waals surface area contributed by atoms with Crippen LogP contribution in [0.25, 0.3) is 0 Å². The van der Waals surface area contributed by atoms with Gasteiger partial charge in [-0.05, 0) is 18.6 Å². The van der Waals surface area contributed by atoms with Gasteiger partial charge in [0.05, 0.1) is 5.56 Å². The minimum Gasteiger partial charge on any atom is -0.454 e. The Morgan fingerprint density at radius 2 is 1.24 bits per heavy atom.